The summed E-state index contributed by atoms with van der Waals surface area (Å²) in [4.78, 5) is 25.5. The van der Waals surface area contributed by atoms with Crippen molar-refractivity contribution in [3.05, 3.63) is 101 Å². The van der Waals surface area contributed by atoms with E-state index < -0.39 is 10.1 Å². The molecule has 0 aliphatic rings. The third kappa shape index (κ3) is 4.24. The normalized spacial score (nSPS) is 11.7. The maximum absolute atomic E-state index is 13.9. The Morgan fingerprint density at radius 2 is 1.51 bits per heavy atom. The van der Waals surface area contributed by atoms with E-state index in [2.05, 4.69) is 0 Å². The Hall–Kier alpha value is -4.17. The van der Waals surface area contributed by atoms with E-state index in [9.17, 15) is 18.0 Å². The molecule has 0 aliphatic carbocycles. The maximum Gasteiger partial charge on any atom is 0.306 e. The lowest BCUT2D eigenvalue weighted by molar-refractivity contribution is -0.108. The first-order valence-electron chi connectivity index (χ1n) is 11.0. The van der Waals surface area contributed by atoms with Crippen LogP contribution >= 0.6 is 0 Å². The number of benzene rings is 3. The molecule has 0 fully saturated rings. The van der Waals surface area contributed by atoms with Gasteiger partial charge in [-0.05, 0) is 23.3 Å². The van der Waals surface area contributed by atoms with Gasteiger partial charge in [0.15, 0.2) is 5.75 Å². The van der Waals surface area contributed by atoms with E-state index in [1.165, 1.54) is 4.57 Å². The Morgan fingerprint density at radius 1 is 0.829 bits per heavy atom. The van der Waals surface area contributed by atoms with Gasteiger partial charge >= 0.3 is 10.1 Å². The molecule has 0 N–H and O–H groups in total. The monoisotopic (exact) mass is 486 g/mol. The van der Waals surface area contributed by atoms with Crippen LogP contribution in [0, 0.1) is 0 Å². The molecule has 5 rings (SSSR count). The van der Waals surface area contributed by atoms with E-state index in [1.807, 2.05) is 72.8 Å². The summed E-state index contributed by atoms with van der Waals surface area (Å²) < 4.78 is 32.6. The lowest BCUT2D eigenvalue weighted by atomic mass is 10.1. The molecule has 35 heavy (non-hydrogen) atoms. The van der Waals surface area contributed by atoms with Gasteiger partial charge in [0, 0.05) is 17.3 Å². The highest BCUT2D eigenvalue weighted by Gasteiger charge is 2.22. The van der Waals surface area contributed by atoms with Crippen molar-refractivity contribution in [2.45, 2.75) is 13.1 Å². The van der Waals surface area contributed by atoms with Gasteiger partial charge in [0.25, 0.3) is 5.56 Å². The van der Waals surface area contributed by atoms with Crippen molar-refractivity contribution in [3.63, 3.8) is 0 Å². The van der Waals surface area contributed by atoms with E-state index in [0.717, 1.165) is 17.4 Å². The SMILES string of the molecule is CS(=O)(=O)Oc1cccc2c3cc(-c4ccccc4)n(CC=O)c(=O)c3n(Cc3ccccc3)c12. The highest BCUT2D eigenvalue weighted by atomic mass is 32.2. The van der Waals surface area contributed by atoms with Gasteiger partial charge in [0.05, 0.1) is 24.0 Å². The summed E-state index contributed by atoms with van der Waals surface area (Å²) in [5.41, 5.74) is 2.84. The van der Waals surface area contributed by atoms with Crippen molar-refractivity contribution in [2.75, 3.05) is 6.26 Å². The number of para-hydroxylation sites is 1. The lowest BCUT2D eigenvalue weighted by Crippen LogP contribution is -2.24. The fraction of sp³-hybridized carbons (Fsp3) is 0.111. The van der Waals surface area contributed by atoms with Crippen molar-refractivity contribution in [3.8, 4) is 17.0 Å². The van der Waals surface area contributed by atoms with Gasteiger partial charge in [-0.2, -0.15) is 8.42 Å². The van der Waals surface area contributed by atoms with Gasteiger partial charge in [0.2, 0.25) is 0 Å². The molecule has 3 aromatic carbocycles. The Kier molecular flexibility index (Phi) is 5.74. The highest BCUT2D eigenvalue weighted by molar-refractivity contribution is 7.86. The zero-order valence-electron chi connectivity index (χ0n) is 18.9. The molecule has 2 heterocycles. The average molecular weight is 487 g/mol. The highest BCUT2D eigenvalue weighted by Crippen LogP contribution is 2.36. The molecule has 0 aliphatic heterocycles. The molecule has 0 radical (unpaired) electrons. The third-order valence-electron chi connectivity index (χ3n) is 5.86. The quantitative estimate of drug-likeness (QED) is 0.254. The number of hydrogen-bond donors (Lipinski definition) is 0. The summed E-state index contributed by atoms with van der Waals surface area (Å²) in [6.07, 6.45) is 1.68. The molecule has 0 spiro atoms. The summed E-state index contributed by atoms with van der Waals surface area (Å²) >= 11 is 0. The summed E-state index contributed by atoms with van der Waals surface area (Å²) in [6, 6.07) is 25.9. The molecule has 0 saturated carbocycles. The fourth-order valence-electron chi connectivity index (χ4n) is 4.49. The summed E-state index contributed by atoms with van der Waals surface area (Å²) in [5.74, 6) is 0.139. The predicted octanol–water partition coefficient (Wildman–Crippen LogP) is 4.21. The lowest BCUT2D eigenvalue weighted by Gasteiger charge is -2.14. The van der Waals surface area contributed by atoms with Gasteiger partial charge in [-0.3, -0.25) is 9.36 Å². The van der Waals surface area contributed by atoms with Crippen molar-refractivity contribution in [1.29, 1.82) is 0 Å². The molecular formula is C27H22N2O5S. The molecule has 5 aromatic rings. The van der Waals surface area contributed by atoms with Gasteiger partial charge < -0.3 is 13.5 Å². The number of hydrogen-bond acceptors (Lipinski definition) is 5. The molecule has 0 atom stereocenters. The maximum atomic E-state index is 13.9. The molecule has 2 aromatic heterocycles. The molecule has 0 unspecified atom stereocenters. The molecule has 0 saturated heterocycles. The zero-order chi connectivity index (χ0) is 24.6. The van der Waals surface area contributed by atoms with Gasteiger partial charge in [-0.25, -0.2) is 0 Å². The number of carbonyl (C=O) groups excluding carboxylic acids is 1. The van der Waals surface area contributed by atoms with Crippen LogP contribution in [0.15, 0.2) is 89.7 Å². The summed E-state index contributed by atoms with van der Waals surface area (Å²) in [7, 11) is -3.82. The Balaban J connectivity index is 1.93. The van der Waals surface area contributed by atoms with E-state index in [4.69, 9.17) is 4.18 Å². The second-order valence-corrected chi connectivity index (χ2v) is 9.83. The van der Waals surface area contributed by atoms with Crippen LogP contribution in [0.2, 0.25) is 0 Å². The van der Waals surface area contributed by atoms with Crippen molar-refractivity contribution in [2.24, 2.45) is 0 Å². The predicted molar refractivity (Wildman–Crippen MR) is 136 cm³/mol. The number of fused-ring (bicyclic) bond motifs is 3. The molecule has 8 heteroatoms. The second kappa shape index (κ2) is 8.88. The molecule has 0 amide bonds. The average Bonchev–Trinajstić information content (AvgIpc) is 3.15. The Morgan fingerprint density at radius 3 is 2.17 bits per heavy atom. The van der Waals surface area contributed by atoms with Crippen molar-refractivity contribution >= 4 is 38.2 Å². The first kappa shape index (κ1) is 22.6. The van der Waals surface area contributed by atoms with Crippen molar-refractivity contribution < 1.29 is 17.4 Å². The van der Waals surface area contributed by atoms with Crippen LogP contribution in [0.1, 0.15) is 5.56 Å². The van der Waals surface area contributed by atoms with Crippen LogP contribution in [0.5, 0.6) is 5.75 Å². The Bertz CT molecular complexity index is 1720. The molecule has 7 nitrogen and oxygen atoms in total. The number of aldehydes is 1. The van der Waals surface area contributed by atoms with Gasteiger partial charge in [0.1, 0.15) is 11.8 Å². The summed E-state index contributed by atoms with van der Waals surface area (Å²) in [5, 5.41) is 1.34. The number of nitrogens with zero attached hydrogens (tertiary/aromatic N) is 2. The van der Waals surface area contributed by atoms with Crippen LogP contribution in [-0.2, 0) is 28.0 Å². The number of carbonyl (C=O) groups is 1. The van der Waals surface area contributed by atoms with Crippen LogP contribution in [0.3, 0.4) is 0 Å². The first-order chi connectivity index (χ1) is 16.9. The van der Waals surface area contributed by atoms with E-state index >= 15 is 0 Å². The Labute approximate surface area is 201 Å². The molecule has 0 bridgehead atoms. The minimum atomic E-state index is -3.82. The van der Waals surface area contributed by atoms with Gasteiger partial charge in [-0.1, -0.05) is 72.8 Å². The number of aromatic nitrogens is 2. The fourth-order valence-corrected chi connectivity index (χ4v) is 4.95. The van der Waals surface area contributed by atoms with E-state index in [1.54, 1.807) is 16.7 Å². The first-order valence-corrected chi connectivity index (χ1v) is 12.8. The van der Waals surface area contributed by atoms with Crippen LogP contribution < -0.4 is 9.74 Å². The van der Waals surface area contributed by atoms with Crippen LogP contribution in [0.4, 0.5) is 0 Å². The molecular weight excluding hydrogens is 464 g/mol. The van der Waals surface area contributed by atoms with Crippen LogP contribution in [0.25, 0.3) is 33.1 Å². The van der Waals surface area contributed by atoms with E-state index in [-0.39, 0.29) is 17.9 Å². The standard InChI is InChI=1S/C27H22N2O5S/c1-35(32,33)34-24-14-8-13-21-22-17-23(20-11-6-3-7-12-20)28(15-16-30)27(31)26(22)29(25(21)24)18-19-9-4-2-5-10-19/h2-14,16-17H,15,18H2,1H3. The smallest absolute Gasteiger partial charge is 0.306 e. The van der Waals surface area contributed by atoms with Crippen LogP contribution in [-0.4, -0.2) is 30.1 Å². The zero-order valence-corrected chi connectivity index (χ0v) is 19.7. The third-order valence-corrected chi connectivity index (χ3v) is 6.34. The minimum absolute atomic E-state index is 0.113. The topological polar surface area (TPSA) is 87.4 Å². The number of pyridine rings is 1. The molecule has 176 valence electrons. The minimum Gasteiger partial charge on any atom is -0.380 e. The summed E-state index contributed by atoms with van der Waals surface area (Å²) in [6.45, 7) is 0.199. The largest absolute Gasteiger partial charge is 0.380 e. The van der Waals surface area contributed by atoms with Gasteiger partial charge in [-0.15, -0.1) is 0 Å². The van der Waals surface area contributed by atoms with Crippen molar-refractivity contribution in [1.82, 2.24) is 9.13 Å². The van der Waals surface area contributed by atoms with E-state index in [0.29, 0.717) is 40.3 Å². The second-order valence-electron chi connectivity index (χ2n) is 8.25. The number of rotatable bonds is 7.